The Morgan fingerprint density at radius 2 is 1.97 bits per heavy atom. The normalized spacial score (nSPS) is 13.2. The van der Waals surface area contributed by atoms with Crippen LogP contribution in [0.1, 0.15) is 18.4 Å². The molecule has 9 heteroatoms. The molecule has 1 aromatic carbocycles. The van der Waals surface area contributed by atoms with Gasteiger partial charge in [-0.2, -0.15) is 15.5 Å². The molecule has 1 aliphatic rings. The van der Waals surface area contributed by atoms with Gasteiger partial charge in [-0.15, -0.1) is 0 Å². The molecule has 1 aliphatic carbocycles. The fourth-order valence-electron chi connectivity index (χ4n) is 3.45. The van der Waals surface area contributed by atoms with Gasteiger partial charge in [0.1, 0.15) is 17.2 Å². The van der Waals surface area contributed by atoms with E-state index in [0.717, 1.165) is 28.8 Å². The average Bonchev–Trinajstić information content (AvgIpc) is 3.37. The summed E-state index contributed by atoms with van der Waals surface area (Å²) < 4.78 is 3.54. The van der Waals surface area contributed by atoms with Crippen LogP contribution in [0.15, 0.2) is 54.9 Å². The number of rotatable bonds is 4. The van der Waals surface area contributed by atoms with E-state index in [1.807, 2.05) is 22.9 Å². The highest BCUT2D eigenvalue weighted by Crippen LogP contribution is 2.33. The summed E-state index contributed by atoms with van der Waals surface area (Å²) in [7, 11) is 0. The summed E-state index contributed by atoms with van der Waals surface area (Å²) >= 11 is 5.96. The van der Waals surface area contributed by atoms with Crippen molar-refractivity contribution in [3.63, 3.8) is 0 Å². The highest BCUT2D eigenvalue weighted by molar-refractivity contribution is 6.29. The first kappa shape index (κ1) is 19.2. The van der Waals surface area contributed by atoms with Crippen LogP contribution in [0.5, 0.6) is 0 Å². The molecular formula is C22H19ClN8. The van der Waals surface area contributed by atoms with E-state index in [1.165, 1.54) is 12.8 Å². The number of nitrogen functional groups attached to an aromatic ring is 1. The predicted octanol–water partition coefficient (Wildman–Crippen LogP) is 4.25. The number of hydrogen-bond donors (Lipinski definition) is 2. The van der Waals surface area contributed by atoms with Gasteiger partial charge < -0.3 is 10.7 Å². The van der Waals surface area contributed by atoms with Crippen LogP contribution in [0.4, 0.5) is 5.82 Å². The Bertz CT molecular complexity index is 1350. The van der Waals surface area contributed by atoms with Crippen LogP contribution < -0.4 is 5.73 Å². The Hall–Kier alpha value is -3.83. The second kappa shape index (κ2) is 7.78. The van der Waals surface area contributed by atoms with Gasteiger partial charge in [0.25, 0.3) is 0 Å². The highest BCUT2D eigenvalue weighted by Gasteiger charge is 2.24. The minimum absolute atomic E-state index is 0.373. The van der Waals surface area contributed by atoms with Gasteiger partial charge >= 0.3 is 0 Å². The van der Waals surface area contributed by atoms with Crippen molar-refractivity contribution in [1.82, 2.24) is 29.5 Å². The van der Waals surface area contributed by atoms with E-state index >= 15 is 0 Å². The summed E-state index contributed by atoms with van der Waals surface area (Å²) in [5.41, 5.74) is 9.45. The molecule has 0 amide bonds. The summed E-state index contributed by atoms with van der Waals surface area (Å²) in [6, 6.07) is 14.8. The third kappa shape index (κ3) is 3.96. The van der Waals surface area contributed by atoms with Gasteiger partial charge in [-0.05, 0) is 43.0 Å². The average molecular weight is 431 g/mol. The molecule has 3 aromatic heterocycles. The van der Waals surface area contributed by atoms with Crippen molar-refractivity contribution in [2.75, 3.05) is 5.73 Å². The molecule has 1 fully saturated rings. The molecule has 8 nitrogen and oxygen atoms in total. The molecule has 0 spiro atoms. The number of anilines is 1. The molecule has 3 heterocycles. The Morgan fingerprint density at radius 1 is 1.16 bits per heavy atom. The molecule has 4 aromatic rings. The van der Waals surface area contributed by atoms with Gasteiger partial charge in [0.2, 0.25) is 0 Å². The van der Waals surface area contributed by atoms with Crippen LogP contribution in [-0.2, 0) is 6.54 Å². The number of aromatic amines is 1. The van der Waals surface area contributed by atoms with Gasteiger partial charge in [0.05, 0.1) is 11.6 Å². The van der Waals surface area contributed by atoms with E-state index in [-0.39, 0.29) is 0 Å². The van der Waals surface area contributed by atoms with Crippen molar-refractivity contribution in [1.29, 1.82) is 5.26 Å². The van der Waals surface area contributed by atoms with E-state index in [0.29, 0.717) is 28.3 Å². The quantitative estimate of drug-likeness (QED) is 0.502. The topological polar surface area (TPSA) is 114 Å². The lowest BCUT2D eigenvalue weighted by Crippen LogP contribution is -2.03. The number of aromatic nitrogens is 6. The fraction of sp³-hybridized carbons (Fsp3) is 0.182. The molecule has 0 unspecified atom stereocenters. The van der Waals surface area contributed by atoms with Crippen LogP contribution in [0.25, 0.3) is 28.1 Å². The number of benzene rings is 1. The molecule has 0 atom stereocenters. The molecule has 0 aliphatic heterocycles. The predicted molar refractivity (Wildman–Crippen MR) is 119 cm³/mol. The Balaban J connectivity index is 1.72. The number of nitrogens with one attached hydrogen (secondary N) is 1. The second-order valence-corrected chi connectivity index (χ2v) is 7.92. The van der Waals surface area contributed by atoms with Gasteiger partial charge in [0, 0.05) is 36.0 Å². The lowest BCUT2D eigenvalue weighted by molar-refractivity contribution is 0.578. The van der Waals surface area contributed by atoms with E-state index in [9.17, 15) is 0 Å². The first-order valence-corrected chi connectivity index (χ1v) is 10.3. The van der Waals surface area contributed by atoms with Gasteiger partial charge in [-0.1, -0.05) is 23.7 Å². The number of nitrogens with two attached hydrogens (primary N) is 1. The number of nitriles is 1. The molecule has 154 valence electrons. The molecule has 5 rings (SSSR count). The molecule has 1 saturated carbocycles. The van der Waals surface area contributed by atoms with E-state index in [1.54, 1.807) is 41.3 Å². The van der Waals surface area contributed by atoms with Crippen molar-refractivity contribution in [3.8, 4) is 23.1 Å². The molecule has 0 saturated heterocycles. The highest BCUT2D eigenvalue weighted by atomic mass is 35.5. The van der Waals surface area contributed by atoms with E-state index in [2.05, 4.69) is 21.1 Å². The summed E-state index contributed by atoms with van der Waals surface area (Å²) in [6.07, 6.45) is 5.84. The Kier molecular flexibility index (Phi) is 4.81. The smallest absolute Gasteiger partial charge is 0.156 e. The van der Waals surface area contributed by atoms with Crippen LogP contribution in [-0.4, -0.2) is 29.5 Å². The van der Waals surface area contributed by atoms with E-state index < -0.39 is 0 Å². The number of nitrogens with zero attached hydrogens (tertiary/aromatic N) is 6. The van der Waals surface area contributed by atoms with Crippen molar-refractivity contribution < 1.29 is 0 Å². The number of H-pyrrole nitrogens is 1. The number of fused-ring (bicyclic) bond motifs is 1. The van der Waals surface area contributed by atoms with Crippen LogP contribution >= 0.6 is 11.6 Å². The summed E-state index contributed by atoms with van der Waals surface area (Å²) in [5, 5.41) is 19.4. The van der Waals surface area contributed by atoms with Crippen LogP contribution in [0.2, 0.25) is 5.15 Å². The molecule has 31 heavy (non-hydrogen) atoms. The van der Waals surface area contributed by atoms with Crippen LogP contribution in [0, 0.1) is 17.2 Å². The summed E-state index contributed by atoms with van der Waals surface area (Å²) in [6.45, 7) is 0.815. The minimum atomic E-state index is 0.373. The standard InChI is InChI=1S/C22H19ClN8/c23-18-8-10-30(28-18)20-11-19(25)27-22-17(7-9-26-20)21(29-31(22)13-15-1-2-15)16-5-3-14(12-24)4-6-16/h3-11,15,27H,1-2,13,25H2. The third-order valence-electron chi connectivity index (χ3n) is 5.19. The van der Waals surface area contributed by atoms with Crippen molar-refractivity contribution in [2.24, 2.45) is 5.92 Å². The SMILES string of the molecule is N#Cc1ccc(-c2nn(CC3CC3)c3[nH]c(N)cc(-n4ccc(Cl)n4)nccc23)cc1. The van der Waals surface area contributed by atoms with E-state index in [4.69, 9.17) is 27.7 Å². The first-order valence-electron chi connectivity index (χ1n) is 9.92. The Morgan fingerprint density at radius 3 is 2.65 bits per heavy atom. The van der Waals surface area contributed by atoms with Crippen molar-refractivity contribution >= 4 is 28.5 Å². The number of halogens is 1. The second-order valence-electron chi connectivity index (χ2n) is 7.54. The third-order valence-corrected chi connectivity index (χ3v) is 5.39. The van der Waals surface area contributed by atoms with Crippen molar-refractivity contribution in [2.45, 2.75) is 19.4 Å². The molecular weight excluding hydrogens is 412 g/mol. The molecule has 0 bridgehead atoms. The molecule has 0 radical (unpaired) electrons. The van der Waals surface area contributed by atoms with Gasteiger partial charge in [-0.25, -0.2) is 14.3 Å². The Labute approximate surface area is 183 Å². The zero-order valence-corrected chi connectivity index (χ0v) is 17.3. The minimum Gasteiger partial charge on any atom is -0.385 e. The van der Waals surface area contributed by atoms with Gasteiger partial charge in [0.15, 0.2) is 11.0 Å². The number of hydrogen-bond acceptors (Lipinski definition) is 5. The lowest BCUT2D eigenvalue weighted by atomic mass is 10.1. The zero-order chi connectivity index (χ0) is 21.4. The summed E-state index contributed by atoms with van der Waals surface area (Å²) in [5.74, 6) is 1.57. The molecule has 3 N–H and O–H groups in total. The lowest BCUT2D eigenvalue weighted by Gasteiger charge is -2.01. The maximum absolute atomic E-state index is 9.11. The summed E-state index contributed by atoms with van der Waals surface area (Å²) in [4.78, 5) is 7.83. The maximum Gasteiger partial charge on any atom is 0.156 e. The zero-order valence-electron chi connectivity index (χ0n) is 16.5. The largest absolute Gasteiger partial charge is 0.385 e. The van der Waals surface area contributed by atoms with Crippen molar-refractivity contribution in [3.05, 3.63) is 65.6 Å². The van der Waals surface area contributed by atoms with Gasteiger partial charge in [-0.3, -0.25) is 0 Å². The fourth-order valence-corrected chi connectivity index (χ4v) is 3.59. The first-order chi connectivity index (χ1) is 15.1. The van der Waals surface area contributed by atoms with Crippen LogP contribution in [0.3, 0.4) is 0 Å². The monoisotopic (exact) mass is 430 g/mol. The maximum atomic E-state index is 9.11.